The SMILES string of the molecule is Cc1cc(C(C)(O)CNC(=O)c2cc(C3CC3)on2)c(C)o1. The Morgan fingerprint density at radius 1 is 1.45 bits per heavy atom. The maximum atomic E-state index is 12.1. The van der Waals surface area contributed by atoms with Crippen molar-refractivity contribution >= 4 is 5.91 Å². The Hall–Kier alpha value is -2.08. The lowest BCUT2D eigenvalue weighted by molar-refractivity contribution is 0.0511. The quantitative estimate of drug-likeness (QED) is 0.885. The van der Waals surface area contributed by atoms with Crippen molar-refractivity contribution in [3.63, 3.8) is 0 Å². The second kappa shape index (κ2) is 5.28. The molecular weight excluding hydrogens is 284 g/mol. The van der Waals surface area contributed by atoms with Gasteiger partial charge in [-0.2, -0.15) is 0 Å². The van der Waals surface area contributed by atoms with Crippen molar-refractivity contribution in [1.29, 1.82) is 0 Å². The van der Waals surface area contributed by atoms with Gasteiger partial charge in [-0.1, -0.05) is 5.16 Å². The first-order chi connectivity index (χ1) is 10.4. The van der Waals surface area contributed by atoms with Crippen LogP contribution in [0.1, 0.15) is 59.0 Å². The molecule has 0 aliphatic heterocycles. The van der Waals surface area contributed by atoms with Crippen LogP contribution in [-0.2, 0) is 5.60 Å². The molecule has 2 N–H and O–H groups in total. The number of nitrogens with one attached hydrogen (secondary N) is 1. The summed E-state index contributed by atoms with van der Waals surface area (Å²) in [4.78, 5) is 12.1. The Morgan fingerprint density at radius 3 is 2.77 bits per heavy atom. The second-order valence-corrected chi connectivity index (χ2v) is 6.17. The van der Waals surface area contributed by atoms with E-state index in [4.69, 9.17) is 8.94 Å². The van der Waals surface area contributed by atoms with Gasteiger partial charge in [-0.25, -0.2) is 0 Å². The number of aromatic nitrogens is 1. The van der Waals surface area contributed by atoms with Crippen LogP contribution in [0.5, 0.6) is 0 Å². The van der Waals surface area contributed by atoms with Crippen molar-refractivity contribution in [2.24, 2.45) is 0 Å². The summed E-state index contributed by atoms with van der Waals surface area (Å²) < 4.78 is 10.6. The Morgan fingerprint density at radius 2 is 2.18 bits per heavy atom. The molecular formula is C16H20N2O4. The van der Waals surface area contributed by atoms with Gasteiger partial charge >= 0.3 is 0 Å². The summed E-state index contributed by atoms with van der Waals surface area (Å²) in [7, 11) is 0. The highest BCUT2D eigenvalue weighted by atomic mass is 16.5. The van der Waals surface area contributed by atoms with Crippen LogP contribution in [-0.4, -0.2) is 22.7 Å². The van der Waals surface area contributed by atoms with Crippen molar-refractivity contribution in [3.8, 4) is 0 Å². The normalized spacial score (nSPS) is 17.3. The average Bonchev–Trinajstić information content (AvgIpc) is 3.08. The number of carbonyl (C=O) groups excluding carboxylic acids is 1. The molecule has 1 saturated carbocycles. The van der Waals surface area contributed by atoms with E-state index in [2.05, 4.69) is 10.5 Å². The van der Waals surface area contributed by atoms with E-state index < -0.39 is 5.60 Å². The van der Waals surface area contributed by atoms with Crippen molar-refractivity contribution in [1.82, 2.24) is 10.5 Å². The van der Waals surface area contributed by atoms with Crippen molar-refractivity contribution in [2.75, 3.05) is 6.54 Å². The van der Waals surface area contributed by atoms with E-state index in [1.165, 1.54) is 0 Å². The lowest BCUT2D eigenvalue weighted by Crippen LogP contribution is -2.38. The number of aryl methyl sites for hydroxylation is 2. The Bertz CT molecular complexity index is 695. The molecule has 22 heavy (non-hydrogen) atoms. The zero-order chi connectivity index (χ0) is 15.9. The summed E-state index contributed by atoms with van der Waals surface area (Å²) in [6.07, 6.45) is 2.17. The fourth-order valence-electron chi connectivity index (χ4n) is 2.56. The molecule has 2 aromatic rings. The zero-order valence-corrected chi connectivity index (χ0v) is 13.0. The molecule has 3 rings (SSSR count). The van der Waals surface area contributed by atoms with E-state index >= 15 is 0 Å². The molecule has 1 fully saturated rings. The van der Waals surface area contributed by atoms with E-state index in [1.807, 2.05) is 6.92 Å². The fourth-order valence-corrected chi connectivity index (χ4v) is 2.56. The first-order valence-corrected chi connectivity index (χ1v) is 7.41. The molecule has 0 aromatic carbocycles. The number of amides is 1. The number of aliphatic hydroxyl groups is 1. The van der Waals surface area contributed by atoms with Crippen LogP contribution in [0.25, 0.3) is 0 Å². The predicted molar refractivity (Wildman–Crippen MR) is 78.6 cm³/mol. The summed E-state index contributed by atoms with van der Waals surface area (Å²) in [6, 6.07) is 3.46. The molecule has 1 amide bonds. The zero-order valence-electron chi connectivity index (χ0n) is 13.0. The Labute approximate surface area is 128 Å². The highest BCUT2D eigenvalue weighted by Crippen LogP contribution is 2.40. The third-order valence-corrected chi connectivity index (χ3v) is 3.96. The highest BCUT2D eigenvalue weighted by Gasteiger charge is 2.31. The number of furan rings is 1. The number of nitrogens with zero attached hydrogens (tertiary/aromatic N) is 1. The van der Waals surface area contributed by atoms with Crippen LogP contribution in [0.3, 0.4) is 0 Å². The van der Waals surface area contributed by atoms with E-state index in [0.717, 1.165) is 24.4 Å². The average molecular weight is 304 g/mol. The Balaban J connectivity index is 1.65. The van der Waals surface area contributed by atoms with Crippen molar-refractivity contribution < 1.29 is 18.8 Å². The number of hydrogen-bond acceptors (Lipinski definition) is 5. The molecule has 1 aliphatic rings. The summed E-state index contributed by atoms with van der Waals surface area (Å²) >= 11 is 0. The third-order valence-electron chi connectivity index (χ3n) is 3.96. The molecule has 1 atom stereocenters. The minimum atomic E-state index is -1.21. The molecule has 2 aromatic heterocycles. The molecule has 0 saturated heterocycles. The number of rotatable bonds is 5. The van der Waals surface area contributed by atoms with Gasteiger partial charge < -0.3 is 19.4 Å². The standard InChI is InChI=1S/C16H20N2O4/c1-9-6-12(10(2)21-9)16(3,20)8-17-15(19)13-7-14(22-18-13)11-4-5-11/h6-7,11,20H,4-5,8H2,1-3H3,(H,17,19). The van der Waals surface area contributed by atoms with E-state index in [-0.39, 0.29) is 18.1 Å². The van der Waals surface area contributed by atoms with Gasteiger partial charge in [0.25, 0.3) is 5.91 Å². The van der Waals surface area contributed by atoms with Gasteiger partial charge in [-0.15, -0.1) is 0 Å². The lowest BCUT2D eigenvalue weighted by atomic mass is 9.96. The molecule has 1 aliphatic carbocycles. The Kier molecular flexibility index (Phi) is 3.56. The summed E-state index contributed by atoms with van der Waals surface area (Å²) in [5.41, 5.74) is -0.289. The molecule has 118 valence electrons. The van der Waals surface area contributed by atoms with Gasteiger partial charge in [-0.05, 0) is 39.7 Å². The van der Waals surface area contributed by atoms with Gasteiger partial charge in [0.2, 0.25) is 0 Å². The van der Waals surface area contributed by atoms with Crippen LogP contribution in [0.15, 0.2) is 21.1 Å². The van der Waals surface area contributed by atoms with E-state index in [9.17, 15) is 9.90 Å². The minimum absolute atomic E-state index is 0.0667. The number of carbonyl (C=O) groups is 1. The van der Waals surface area contributed by atoms with Gasteiger partial charge in [0, 0.05) is 17.5 Å². The monoisotopic (exact) mass is 304 g/mol. The van der Waals surface area contributed by atoms with Gasteiger partial charge in [0.15, 0.2) is 5.69 Å². The summed E-state index contributed by atoms with van der Waals surface area (Å²) in [6.45, 7) is 5.32. The molecule has 6 nitrogen and oxygen atoms in total. The van der Waals surface area contributed by atoms with Gasteiger partial charge in [-0.3, -0.25) is 4.79 Å². The molecule has 1 unspecified atom stereocenters. The number of hydrogen-bond donors (Lipinski definition) is 2. The fraction of sp³-hybridized carbons (Fsp3) is 0.500. The largest absolute Gasteiger partial charge is 0.466 e. The first kappa shape index (κ1) is 14.8. The smallest absolute Gasteiger partial charge is 0.273 e. The summed E-state index contributed by atoms with van der Waals surface area (Å²) in [5, 5.41) is 17.0. The maximum Gasteiger partial charge on any atom is 0.273 e. The lowest BCUT2D eigenvalue weighted by Gasteiger charge is -2.23. The maximum absolute atomic E-state index is 12.1. The van der Waals surface area contributed by atoms with Crippen molar-refractivity contribution in [2.45, 2.75) is 45.1 Å². The van der Waals surface area contributed by atoms with Crippen LogP contribution in [0.2, 0.25) is 0 Å². The van der Waals surface area contributed by atoms with E-state index in [0.29, 0.717) is 17.2 Å². The van der Waals surface area contributed by atoms with Crippen LogP contribution < -0.4 is 5.32 Å². The molecule has 2 heterocycles. The minimum Gasteiger partial charge on any atom is -0.466 e. The third kappa shape index (κ3) is 2.92. The topological polar surface area (TPSA) is 88.5 Å². The van der Waals surface area contributed by atoms with E-state index in [1.54, 1.807) is 26.0 Å². The van der Waals surface area contributed by atoms with Gasteiger partial charge in [0.1, 0.15) is 22.9 Å². The molecule has 0 bridgehead atoms. The summed E-state index contributed by atoms with van der Waals surface area (Å²) in [5.74, 6) is 2.19. The first-order valence-electron chi connectivity index (χ1n) is 7.41. The molecule has 6 heteroatoms. The van der Waals surface area contributed by atoms with Crippen LogP contribution >= 0.6 is 0 Å². The van der Waals surface area contributed by atoms with Crippen molar-refractivity contribution in [3.05, 3.63) is 40.7 Å². The molecule has 0 radical (unpaired) electrons. The van der Waals surface area contributed by atoms with Crippen LogP contribution in [0, 0.1) is 13.8 Å². The predicted octanol–water partition coefficient (Wildman–Crippen LogP) is 2.40. The van der Waals surface area contributed by atoms with Gasteiger partial charge in [0.05, 0.1) is 6.54 Å². The van der Waals surface area contributed by atoms with Crippen LogP contribution in [0.4, 0.5) is 0 Å². The molecule has 0 spiro atoms. The second-order valence-electron chi connectivity index (χ2n) is 6.17. The highest BCUT2D eigenvalue weighted by molar-refractivity contribution is 5.92.